The van der Waals surface area contributed by atoms with Crippen LogP contribution < -0.4 is 0 Å². The van der Waals surface area contributed by atoms with Gasteiger partial charge in [-0.05, 0) is 0 Å². The molecule has 2 aliphatic rings. The summed E-state index contributed by atoms with van der Waals surface area (Å²) in [5.41, 5.74) is 0.621. The van der Waals surface area contributed by atoms with E-state index in [-0.39, 0.29) is 0 Å². The van der Waals surface area contributed by atoms with Crippen LogP contribution in [0.3, 0.4) is 0 Å². The van der Waals surface area contributed by atoms with E-state index < -0.39 is 14.4 Å². The number of hydrogen-bond acceptors (Lipinski definition) is 0. The van der Waals surface area contributed by atoms with Crippen LogP contribution in [-0.2, 0) is 14.4 Å². The molecule has 0 N–H and O–H groups in total. The molecule has 136 valence electrons. The van der Waals surface area contributed by atoms with Gasteiger partial charge in [0.2, 0.25) is 0 Å². The van der Waals surface area contributed by atoms with Crippen molar-refractivity contribution in [1.29, 1.82) is 0 Å². The molecule has 0 spiro atoms. The van der Waals surface area contributed by atoms with Gasteiger partial charge < -0.3 is 0 Å². The maximum atomic E-state index is 2.80. The molecule has 0 bridgehead atoms. The predicted octanol–water partition coefficient (Wildman–Crippen LogP) is 7.01. The summed E-state index contributed by atoms with van der Waals surface area (Å²) in [6, 6.07) is 0. The molecule has 0 aliphatic heterocycles. The second-order valence-corrected chi connectivity index (χ2v) is 64.4. The average molecular weight is 424 g/mol. The van der Waals surface area contributed by atoms with Crippen molar-refractivity contribution < 1.29 is 14.4 Å². The number of rotatable bonds is 4. The Balaban J connectivity index is 2.98. The van der Waals surface area contributed by atoms with Crippen LogP contribution in [0.1, 0.15) is 54.4 Å². The zero-order chi connectivity index (χ0) is 18.6. The molecule has 0 fully saturated rings. The Kier molecular flexibility index (Phi) is 3.96. The molecular weight excluding hydrogens is 384 g/mol. The molecule has 2 aliphatic carbocycles. The molecule has 0 amide bonds. The van der Waals surface area contributed by atoms with Gasteiger partial charge in [-0.3, -0.25) is 0 Å². The van der Waals surface area contributed by atoms with Gasteiger partial charge in [0.05, 0.1) is 0 Å². The Bertz CT molecular complexity index is 741. The van der Waals surface area contributed by atoms with Crippen molar-refractivity contribution in [1.82, 2.24) is 0 Å². The standard InChI is InChI=1S/2C5H5.2C5H11.2CH3.H2Si.Zr/c2*1-2-4-5-3-1;2*1-5(2,3)4;;;;/h2*1-3H,4H2;2*1H2,2-4H3;2*1H3;1H2;. The van der Waals surface area contributed by atoms with Crippen molar-refractivity contribution in [2.24, 2.45) is 10.8 Å². The van der Waals surface area contributed by atoms with Gasteiger partial charge in [0.15, 0.2) is 0 Å². The molecule has 0 unspecified atom stereocenters. The molecule has 0 radical (unpaired) electrons. The number of hydrogen-bond donors (Lipinski definition) is 0. The Labute approximate surface area is 146 Å². The van der Waals surface area contributed by atoms with E-state index in [1.165, 1.54) is 8.26 Å². The Morgan fingerprint density at radius 2 is 1.12 bits per heavy atom. The second-order valence-electron chi connectivity index (χ2n) is 13.7. The monoisotopic (exact) mass is 422 g/mol. The third kappa shape index (κ3) is 3.11. The van der Waals surface area contributed by atoms with Crippen LogP contribution in [0.15, 0.2) is 43.0 Å². The summed E-state index contributed by atoms with van der Waals surface area (Å²) < 4.78 is 11.8. The summed E-state index contributed by atoms with van der Waals surface area (Å²) in [4.78, 5) is 0. The Morgan fingerprint density at radius 1 is 0.792 bits per heavy atom. The van der Waals surface area contributed by atoms with Gasteiger partial charge in [-0.2, -0.15) is 0 Å². The average Bonchev–Trinajstić information content (AvgIpc) is 2.98. The van der Waals surface area contributed by atoms with E-state index in [1.54, 1.807) is 6.56 Å². The fraction of sp³-hybridized carbons (Fsp3) is 0.636. The predicted molar refractivity (Wildman–Crippen MR) is 112 cm³/mol. The van der Waals surface area contributed by atoms with Crippen LogP contribution in [0.2, 0.25) is 17.5 Å². The van der Waals surface area contributed by atoms with Crippen LogP contribution in [0.25, 0.3) is 0 Å². The third-order valence-electron chi connectivity index (χ3n) is 7.13. The molecular formula is C22H40SiZr. The van der Waals surface area contributed by atoms with Crippen molar-refractivity contribution in [3.63, 3.8) is 0 Å². The first-order valence-electron chi connectivity index (χ1n) is 9.70. The molecule has 0 saturated carbocycles. The Hall–Kier alpha value is 0.0600. The molecule has 2 rings (SSSR count). The number of allylic oxidation sites excluding steroid dienone is 8. The summed E-state index contributed by atoms with van der Waals surface area (Å²) in [5, 5.41) is 0. The molecule has 0 atom stereocenters. The van der Waals surface area contributed by atoms with Gasteiger partial charge in [0.1, 0.15) is 0 Å². The van der Waals surface area contributed by atoms with Gasteiger partial charge in [0.25, 0.3) is 0 Å². The summed E-state index contributed by atoms with van der Waals surface area (Å²) >= 11 is -4.41. The molecule has 0 aromatic rings. The van der Waals surface area contributed by atoms with Crippen LogP contribution in [0, 0.1) is 10.8 Å². The van der Waals surface area contributed by atoms with E-state index >= 15 is 0 Å². The van der Waals surface area contributed by atoms with E-state index in [1.807, 2.05) is 0 Å². The van der Waals surface area contributed by atoms with Gasteiger partial charge >= 0.3 is 147 Å². The molecule has 0 aromatic heterocycles. The summed E-state index contributed by atoms with van der Waals surface area (Å²) in [7, 11) is 0. The topological polar surface area (TPSA) is 0 Å². The fourth-order valence-corrected chi connectivity index (χ4v) is 56.0. The SMILES string of the molecule is CC(C)(C)[CH2][Zr]([CH3])([CH3])(=[SiH2])([CH2]C(C)(C)C)([C]1=CC=CC1)[C]1=CC=CC1. The Morgan fingerprint density at radius 3 is 1.33 bits per heavy atom. The van der Waals surface area contributed by atoms with Crippen LogP contribution in [-0.4, -0.2) is 6.88 Å². The van der Waals surface area contributed by atoms with Gasteiger partial charge in [-0.25, -0.2) is 0 Å². The fourth-order valence-electron chi connectivity index (χ4n) is 8.01. The van der Waals surface area contributed by atoms with E-state index in [0.29, 0.717) is 10.8 Å². The molecule has 0 heterocycles. The molecule has 0 nitrogen and oxygen atoms in total. The van der Waals surface area contributed by atoms with E-state index in [4.69, 9.17) is 0 Å². The van der Waals surface area contributed by atoms with Crippen molar-refractivity contribution in [2.45, 2.75) is 71.9 Å². The quantitative estimate of drug-likeness (QED) is 0.427. The first-order chi connectivity index (χ1) is 10.4. The first kappa shape index (κ1) is 20.4. The van der Waals surface area contributed by atoms with Gasteiger partial charge in [-0.1, -0.05) is 0 Å². The normalized spacial score (nSPS) is 23.2. The molecule has 2 heteroatoms. The molecule has 0 aromatic carbocycles. The molecule has 0 saturated heterocycles. The summed E-state index contributed by atoms with van der Waals surface area (Å²) in [5.74, 6) is 0. The van der Waals surface area contributed by atoms with Crippen molar-refractivity contribution in [3.05, 3.63) is 43.0 Å². The van der Waals surface area contributed by atoms with Crippen LogP contribution in [0.4, 0.5) is 0 Å². The van der Waals surface area contributed by atoms with Crippen LogP contribution in [0.5, 0.6) is 0 Å². The minimum atomic E-state index is -4.41. The van der Waals surface area contributed by atoms with E-state index in [0.717, 1.165) is 12.8 Å². The van der Waals surface area contributed by atoms with Crippen molar-refractivity contribution >= 4 is 6.88 Å². The van der Waals surface area contributed by atoms with Gasteiger partial charge in [0, 0.05) is 0 Å². The van der Waals surface area contributed by atoms with Crippen molar-refractivity contribution in [2.75, 3.05) is 0 Å². The van der Waals surface area contributed by atoms with Crippen LogP contribution >= 0.6 is 0 Å². The first-order valence-corrected chi connectivity index (χ1v) is 26.5. The van der Waals surface area contributed by atoms with Gasteiger partial charge in [-0.15, -0.1) is 0 Å². The summed E-state index contributed by atoms with van der Waals surface area (Å²) in [6.45, 7) is 17.2. The third-order valence-corrected chi connectivity index (χ3v) is 44.8. The zero-order valence-electron chi connectivity index (χ0n) is 17.5. The maximum absolute atomic E-state index is 4.41. The summed E-state index contributed by atoms with van der Waals surface area (Å²) in [6.07, 6.45) is 16.7. The van der Waals surface area contributed by atoms with Crippen molar-refractivity contribution in [3.8, 4) is 0 Å². The zero-order valence-corrected chi connectivity index (χ0v) is 21.4. The van der Waals surface area contributed by atoms with E-state index in [2.05, 4.69) is 94.1 Å². The minimum absolute atomic E-state index is 0.311. The molecule has 24 heavy (non-hydrogen) atoms. The second kappa shape index (κ2) is 4.66. The van der Waals surface area contributed by atoms with E-state index in [9.17, 15) is 0 Å².